The topological polar surface area (TPSA) is 79.4 Å². The van der Waals surface area contributed by atoms with Crippen molar-refractivity contribution in [2.75, 3.05) is 44.7 Å². The van der Waals surface area contributed by atoms with Crippen LogP contribution in [0.4, 0.5) is 5.95 Å². The molecule has 3 rings (SSSR count). The van der Waals surface area contributed by atoms with Crippen molar-refractivity contribution in [2.45, 2.75) is 19.4 Å². The number of hydrogen-bond donors (Lipinski definition) is 2. The molecule has 0 saturated carbocycles. The number of hydrogen-bond acceptors (Lipinski definition) is 6. The Morgan fingerprint density at radius 3 is 2.74 bits per heavy atom. The molecule has 1 atom stereocenters. The molecule has 0 bridgehead atoms. The second kappa shape index (κ2) is 9.99. The maximum absolute atomic E-state index is 12.3. The summed E-state index contributed by atoms with van der Waals surface area (Å²) in [5.41, 5.74) is 2.46. The van der Waals surface area contributed by atoms with Gasteiger partial charge in [-0.05, 0) is 18.6 Å². The van der Waals surface area contributed by atoms with Crippen molar-refractivity contribution < 1.29 is 9.53 Å². The number of aromatic nitrogens is 2. The second-order valence-electron chi connectivity index (χ2n) is 6.63. The van der Waals surface area contributed by atoms with Gasteiger partial charge in [-0.1, -0.05) is 29.8 Å². The van der Waals surface area contributed by atoms with Gasteiger partial charge in [0.05, 0.1) is 19.3 Å². The zero-order valence-electron chi connectivity index (χ0n) is 15.7. The zero-order valence-corrected chi connectivity index (χ0v) is 15.7. The van der Waals surface area contributed by atoms with Gasteiger partial charge in [0.2, 0.25) is 11.9 Å². The van der Waals surface area contributed by atoms with E-state index in [0.29, 0.717) is 25.5 Å². The highest BCUT2D eigenvalue weighted by molar-refractivity contribution is 5.76. The van der Waals surface area contributed by atoms with E-state index >= 15 is 0 Å². The molecule has 0 aliphatic carbocycles. The fraction of sp³-hybridized carbons (Fsp3) is 0.450. The molecule has 144 valence electrons. The fourth-order valence-corrected chi connectivity index (χ4v) is 3.20. The van der Waals surface area contributed by atoms with Crippen molar-refractivity contribution >= 4 is 11.9 Å². The summed E-state index contributed by atoms with van der Waals surface area (Å²) in [6.07, 6.45) is 3.72. The van der Waals surface area contributed by atoms with Crippen LogP contribution in [0.5, 0.6) is 0 Å². The van der Waals surface area contributed by atoms with Crippen LogP contribution in [0.1, 0.15) is 23.6 Å². The number of amides is 1. The summed E-state index contributed by atoms with van der Waals surface area (Å²) in [5, 5.41) is 6.14. The van der Waals surface area contributed by atoms with E-state index in [0.717, 1.165) is 26.3 Å². The van der Waals surface area contributed by atoms with Crippen LogP contribution in [0.2, 0.25) is 0 Å². The summed E-state index contributed by atoms with van der Waals surface area (Å²) < 4.78 is 5.48. The summed E-state index contributed by atoms with van der Waals surface area (Å²) in [7, 11) is 0. The third-order valence-electron chi connectivity index (χ3n) is 4.61. The minimum Gasteiger partial charge on any atom is -0.379 e. The molecule has 1 aromatic carbocycles. The molecular formula is C20H27N5O2. The first-order valence-electron chi connectivity index (χ1n) is 9.38. The first-order valence-corrected chi connectivity index (χ1v) is 9.38. The number of morpholine rings is 1. The zero-order chi connectivity index (χ0) is 18.9. The SMILES string of the molecule is Cc1cccc(C(CNC(=O)CCNc2ncccn2)N2CCOCC2)c1. The van der Waals surface area contributed by atoms with Crippen LogP contribution >= 0.6 is 0 Å². The van der Waals surface area contributed by atoms with Gasteiger partial charge >= 0.3 is 0 Å². The van der Waals surface area contributed by atoms with E-state index in [1.807, 2.05) is 0 Å². The number of carbonyl (C=O) groups is 1. The Labute approximate surface area is 160 Å². The lowest BCUT2D eigenvalue weighted by Crippen LogP contribution is -2.44. The number of anilines is 1. The maximum atomic E-state index is 12.3. The largest absolute Gasteiger partial charge is 0.379 e. The van der Waals surface area contributed by atoms with E-state index in [2.05, 4.69) is 56.7 Å². The van der Waals surface area contributed by atoms with Gasteiger partial charge in [-0.25, -0.2) is 9.97 Å². The molecule has 2 aromatic rings. The van der Waals surface area contributed by atoms with Crippen LogP contribution < -0.4 is 10.6 Å². The minimum absolute atomic E-state index is 0.0179. The van der Waals surface area contributed by atoms with Crippen LogP contribution in [0.15, 0.2) is 42.7 Å². The summed E-state index contributed by atoms with van der Waals surface area (Å²) in [6.45, 7) is 6.40. The lowest BCUT2D eigenvalue weighted by molar-refractivity contribution is -0.121. The van der Waals surface area contributed by atoms with E-state index in [-0.39, 0.29) is 11.9 Å². The highest BCUT2D eigenvalue weighted by Crippen LogP contribution is 2.22. The molecule has 2 heterocycles. The second-order valence-corrected chi connectivity index (χ2v) is 6.63. The quantitative estimate of drug-likeness (QED) is 0.738. The lowest BCUT2D eigenvalue weighted by Gasteiger charge is -2.35. The lowest BCUT2D eigenvalue weighted by atomic mass is 10.0. The number of carbonyl (C=O) groups excluding carboxylic acids is 1. The van der Waals surface area contributed by atoms with Crippen LogP contribution in [0.25, 0.3) is 0 Å². The van der Waals surface area contributed by atoms with E-state index in [9.17, 15) is 4.79 Å². The molecule has 1 saturated heterocycles. The van der Waals surface area contributed by atoms with Gasteiger partial charge < -0.3 is 15.4 Å². The average molecular weight is 369 g/mol. The average Bonchev–Trinajstić information content (AvgIpc) is 2.70. The van der Waals surface area contributed by atoms with Crippen molar-refractivity contribution in [3.05, 3.63) is 53.9 Å². The molecule has 1 aromatic heterocycles. The summed E-state index contributed by atoms with van der Waals surface area (Å²) in [6, 6.07) is 10.4. The van der Waals surface area contributed by atoms with Crippen molar-refractivity contribution in [1.82, 2.24) is 20.2 Å². The molecule has 7 heteroatoms. The molecule has 1 unspecified atom stereocenters. The Hall–Kier alpha value is -2.51. The molecule has 1 fully saturated rings. The van der Waals surface area contributed by atoms with Gasteiger partial charge in [-0.2, -0.15) is 0 Å². The van der Waals surface area contributed by atoms with Gasteiger partial charge in [-0.3, -0.25) is 9.69 Å². The van der Waals surface area contributed by atoms with Gasteiger partial charge in [0.1, 0.15) is 0 Å². The normalized spacial score (nSPS) is 15.9. The third-order valence-corrected chi connectivity index (χ3v) is 4.61. The standard InChI is InChI=1S/C20H27N5O2/c1-16-4-2-5-17(14-16)18(25-10-12-27-13-11-25)15-24-19(26)6-9-23-20-21-7-3-8-22-20/h2-5,7-8,14,18H,6,9-13,15H2,1H3,(H,24,26)(H,21,22,23). The molecule has 1 amide bonds. The van der Waals surface area contributed by atoms with E-state index in [4.69, 9.17) is 4.74 Å². The number of nitrogens with one attached hydrogen (secondary N) is 2. The van der Waals surface area contributed by atoms with Crippen LogP contribution in [0, 0.1) is 6.92 Å². The first kappa shape index (κ1) is 19.3. The fourth-order valence-electron chi connectivity index (χ4n) is 3.20. The van der Waals surface area contributed by atoms with Gasteiger partial charge in [-0.15, -0.1) is 0 Å². The Kier molecular flexibility index (Phi) is 7.12. The molecule has 2 N–H and O–H groups in total. The number of ether oxygens (including phenoxy) is 1. The molecular weight excluding hydrogens is 342 g/mol. The number of benzene rings is 1. The van der Waals surface area contributed by atoms with Crippen molar-refractivity contribution in [3.8, 4) is 0 Å². The van der Waals surface area contributed by atoms with Crippen molar-refractivity contribution in [2.24, 2.45) is 0 Å². The van der Waals surface area contributed by atoms with Crippen LogP contribution in [-0.4, -0.2) is 60.2 Å². The summed E-state index contributed by atoms with van der Waals surface area (Å²) in [5.74, 6) is 0.556. The molecule has 0 spiro atoms. The first-order chi connectivity index (χ1) is 13.2. The van der Waals surface area contributed by atoms with E-state index < -0.39 is 0 Å². The Bertz CT molecular complexity index is 719. The number of aryl methyl sites for hydroxylation is 1. The molecule has 0 radical (unpaired) electrons. The van der Waals surface area contributed by atoms with E-state index in [1.54, 1.807) is 18.5 Å². The molecule has 27 heavy (non-hydrogen) atoms. The monoisotopic (exact) mass is 369 g/mol. The number of rotatable bonds is 8. The van der Waals surface area contributed by atoms with Crippen LogP contribution in [0.3, 0.4) is 0 Å². The number of nitrogens with zero attached hydrogens (tertiary/aromatic N) is 3. The third kappa shape index (κ3) is 6.01. The van der Waals surface area contributed by atoms with E-state index in [1.165, 1.54) is 11.1 Å². The summed E-state index contributed by atoms with van der Waals surface area (Å²) >= 11 is 0. The highest BCUT2D eigenvalue weighted by Gasteiger charge is 2.23. The highest BCUT2D eigenvalue weighted by atomic mass is 16.5. The Morgan fingerprint density at radius 2 is 2.00 bits per heavy atom. The van der Waals surface area contributed by atoms with Gasteiger partial charge in [0.15, 0.2) is 0 Å². The van der Waals surface area contributed by atoms with Crippen molar-refractivity contribution in [1.29, 1.82) is 0 Å². The van der Waals surface area contributed by atoms with Gasteiger partial charge in [0.25, 0.3) is 0 Å². The Morgan fingerprint density at radius 1 is 1.22 bits per heavy atom. The van der Waals surface area contributed by atoms with Crippen molar-refractivity contribution in [3.63, 3.8) is 0 Å². The molecule has 1 aliphatic heterocycles. The predicted molar refractivity (Wildman–Crippen MR) is 104 cm³/mol. The predicted octanol–water partition coefficient (Wildman–Crippen LogP) is 1.78. The molecule has 1 aliphatic rings. The summed E-state index contributed by atoms with van der Waals surface area (Å²) in [4.78, 5) is 22.8. The van der Waals surface area contributed by atoms with Gasteiger partial charge in [0, 0.05) is 45.0 Å². The smallest absolute Gasteiger partial charge is 0.222 e. The van der Waals surface area contributed by atoms with Crippen LogP contribution in [-0.2, 0) is 9.53 Å². The minimum atomic E-state index is 0.0179. The Balaban J connectivity index is 1.53. The maximum Gasteiger partial charge on any atom is 0.222 e. The molecule has 7 nitrogen and oxygen atoms in total.